The van der Waals surface area contributed by atoms with Crippen LogP contribution in [0.25, 0.3) is 22.0 Å². The van der Waals surface area contributed by atoms with E-state index in [0.29, 0.717) is 19.0 Å². The topological polar surface area (TPSA) is 65.5 Å². The van der Waals surface area contributed by atoms with Crippen LogP contribution in [0.3, 0.4) is 0 Å². The first-order valence-corrected chi connectivity index (χ1v) is 10.2. The Morgan fingerprint density at radius 3 is 2.83 bits per heavy atom. The smallest absolute Gasteiger partial charge is 0.189 e. The molecule has 2 heterocycles. The quantitative estimate of drug-likeness (QED) is 0.362. The summed E-state index contributed by atoms with van der Waals surface area (Å²) in [7, 11) is 0. The van der Waals surface area contributed by atoms with E-state index in [1.54, 1.807) is 0 Å². The lowest BCUT2D eigenvalue weighted by molar-refractivity contribution is 0.0227. The van der Waals surface area contributed by atoms with E-state index in [1.807, 2.05) is 43.3 Å². The molecule has 1 unspecified atom stereocenters. The fourth-order valence-electron chi connectivity index (χ4n) is 3.57. The van der Waals surface area contributed by atoms with Crippen LogP contribution in [0.5, 0.6) is 5.75 Å². The van der Waals surface area contributed by atoms with Crippen LogP contribution in [0.2, 0.25) is 0 Å². The molecule has 0 radical (unpaired) electrons. The maximum atomic E-state index is 5.86. The predicted octanol–water partition coefficient (Wildman–Crippen LogP) is 4.24. The maximum Gasteiger partial charge on any atom is 0.189 e. The number of anilines is 1. The van der Waals surface area contributed by atoms with Gasteiger partial charge in [0.15, 0.2) is 12.6 Å². The molecular weight excluding hydrogens is 378 g/mol. The van der Waals surface area contributed by atoms with Crippen molar-refractivity contribution in [1.82, 2.24) is 10.2 Å². The van der Waals surface area contributed by atoms with Gasteiger partial charge in [-0.1, -0.05) is 30.2 Å². The van der Waals surface area contributed by atoms with Crippen LogP contribution in [-0.2, 0) is 9.47 Å². The molecule has 0 bridgehead atoms. The summed E-state index contributed by atoms with van der Waals surface area (Å²) >= 11 is 0. The number of ether oxygens (including phenoxy) is 3. The molecule has 1 aromatic heterocycles. The Hall–Kier alpha value is -3.14. The van der Waals surface area contributed by atoms with Crippen LogP contribution in [0.1, 0.15) is 25.3 Å². The molecule has 1 atom stereocenters. The predicted molar refractivity (Wildman–Crippen MR) is 117 cm³/mol. The normalized spacial score (nSPS) is 16.2. The first-order valence-electron chi connectivity index (χ1n) is 10.2. The van der Waals surface area contributed by atoms with Crippen molar-refractivity contribution in [3.8, 4) is 29.4 Å². The Morgan fingerprint density at radius 2 is 2.07 bits per heavy atom. The second kappa shape index (κ2) is 9.57. The Balaban J connectivity index is 1.74. The average molecular weight is 403 g/mol. The molecule has 1 fully saturated rings. The SMILES string of the molecule is C#Cc1ccc(-c2nnc(NC3CCCOC3)c3ccccc23)c(OCOCC)c1. The fourth-order valence-corrected chi connectivity index (χ4v) is 3.57. The lowest BCUT2D eigenvalue weighted by Gasteiger charge is -2.24. The van der Waals surface area contributed by atoms with E-state index < -0.39 is 0 Å². The minimum Gasteiger partial charge on any atom is -0.467 e. The molecule has 1 N–H and O–H groups in total. The van der Waals surface area contributed by atoms with Gasteiger partial charge in [0.2, 0.25) is 0 Å². The minimum atomic E-state index is 0.143. The van der Waals surface area contributed by atoms with Gasteiger partial charge in [0.25, 0.3) is 0 Å². The van der Waals surface area contributed by atoms with Crippen molar-refractivity contribution < 1.29 is 14.2 Å². The largest absolute Gasteiger partial charge is 0.467 e. The molecule has 154 valence electrons. The van der Waals surface area contributed by atoms with E-state index in [4.69, 9.17) is 20.6 Å². The molecule has 0 spiro atoms. The minimum absolute atomic E-state index is 0.143. The molecule has 2 aromatic carbocycles. The second-order valence-corrected chi connectivity index (χ2v) is 7.11. The summed E-state index contributed by atoms with van der Waals surface area (Å²) in [5.41, 5.74) is 2.30. The Bertz CT molecular complexity index is 1060. The molecule has 3 aromatic rings. The molecule has 6 nitrogen and oxygen atoms in total. The standard InChI is InChI=1S/C24H25N3O3/c1-3-17-11-12-21(22(14-17)30-16-28-4-2)23-19-9-5-6-10-20(19)24(27-26-23)25-18-8-7-13-29-15-18/h1,5-6,9-12,14,18H,4,7-8,13,15-16H2,2H3,(H,25,27). The van der Waals surface area contributed by atoms with Crippen LogP contribution in [0, 0.1) is 12.3 Å². The summed E-state index contributed by atoms with van der Waals surface area (Å²) in [5.74, 6) is 4.04. The van der Waals surface area contributed by atoms with Crippen molar-refractivity contribution in [2.45, 2.75) is 25.8 Å². The van der Waals surface area contributed by atoms with E-state index >= 15 is 0 Å². The third kappa shape index (κ3) is 4.38. The van der Waals surface area contributed by atoms with Gasteiger partial charge in [0, 0.05) is 35.1 Å². The van der Waals surface area contributed by atoms with Gasteiger partial charge in [-0.25, -0.2) is 0 Å². The first-order chi connectivity index (χ1) is 14.8. The summed E-state index contributed by atoms with van der Waals surface area (Å²) in [6.45, 7) is 4.13. The molecule has 0 aliphatic carbocycles. The maximum absolute atomic E-state index is 5.86. The fraction of sp³-hybridized carbons (Fsp3) is 0.333. The van der Waals surface area contributed by atoms with Crippen LogP contribution in [0.15, 0.2) is 42.5 Å². The number of fused-ring (bicyclic) bond motifs is 1. The van der Waals surface area contributed by atoms with E-state index in [2.05, 4.69) is 27.5 Å². The number of aromatic nitrogens is 2. The van der Waals surface area contributed by atoms with Crippen molar-refractivity contribution >= 4 is 16.6 Å². The van der Waals surface area contributed by atoms with E-state index in [-0.39, 0.29) is 12.8 Å². The van der Waals surface area contributed by atoms with Gasteiger partial charge < -0.3 is 19.5 Å². The molecule has 1 aliphatic heterocycles. The van der Waals surface area contributed by atoms with Crippen LogP contribution in [-0.4, -0.2) is 42.9 Å². The molecule has 30 heavy (non-hydrogen) atoms. The van der Waals surface area contributed by atoms with E-state index in [1.165, 1.54) is 0 Å². The second-order valence-electron chi connectivity index (χ2n) is 7.11. The lowest BCUT2D eigenvalue weighted by Crippen LogP contribution is -2.30. The highest BCUT2D eigenvalue weighted by molar-refractivity contribution is 6.01. The zero-order valence-corrected chi connectivity index (χ0v) is 17.1. The Morgan fingerprint density at radius 1 is 1.20 bits per heavy atom. The zero-order valence-electron chi connectivity index (χ0n) is 17.1. The van der Waals surface area contributed by atoms with Crippen LogP contribution < -0.4 is 10.1 Å². The zero-order chi connectivity index (χ0) is 20.8. The molecule has 1 aliphatic rings. The summed E-state index contributed by atoms with van der Waals surface area (Å²) in [4.78, 5) is 0. The summed E-state index contributed by atoms with van der Waals surface area (Å²) in [6, 6.07) is 14.0. The molecule has 1 saturated heterocycles. The summed E-state index contributed by atoms with van der Waals surface area (Å²) < 4.78 is 16.8. The Labute approximate surface area is 176 Å². The molecule has 0 saturated carbocycles. The van der Waals surface area contributed by atoms with Crippen LogP contribution in [0.4, 0.5) is 5.82 Å². The Kier molecular flexibility index (Phi) is 6.43. The number of hydrogen-bond donors (Lipinski definition) is 1. The first kappa shape index (κ1) is 20.1. The van der Waals surface area contributed by atoms with Crippen molar-refractivity contribution in [3.05, 3.63) is 48.0 Å². The van der Waals surface area contributed by atoms with Gasteiger partial charge in [-0.2, -0.15) is 0 Å². The van der Waals surface area contributed by atoms with Crippen molar-refractivity contribution in [2.75, 3.05) is 31.9 Å². The number of terminal acetylenes is 1. The highest BCUT2D eigenvalue weighted by atomic mass is 16.7. The summed E-state index contributed by atoms with van der Waals surface area (Å²) in [6.07, 6.45) is 7.68. The molecule has 4 rings (SSSR count). The molecule has 0 amide bonds. The number of nitrogens with zero attached hydrogens (tertiary/aromatic N) is 2. The monoisotopic (exact) mass is 403 g/mol. The number of nitrogens with one attached hydrogen (secondary N) is 1. The van der Waals surface area contributed by atoms with Gasteiger partial charge in [-0.05, 0) is 38.0 Å². The van der Waals surface area contributed by atoms with Crippen LogP contribution >= 0.6 is 0 Å². The van der Waals surface area contributed by atoms with Crippen molar-refractivity contribution in [2.24, 2.45) is 0 Å². The van der Waals surface area contributed by atoms with Gasteiger partial charge in [0.05, 0.1) is 12.6 Å². The highest BCUT2D eigenvalue weighted by Gasteiger charge is 2.19. The molecular formula is C24H25N3O3. The third-order valence-corrected chi connectivity index (χ3v) is 5.09. The van der Waals surface area contributed by atoms with E-state index in [9.17, 15) is 0 Å². The van der Waals surface area contributed by atoms with Crippen molar-refractivity contribution in [1.29, 1.82) is 0 Å². The highest BCUT2D eigenvalue weighted by Crippen LogP contribution is 2.36. The van der Waals surface area contributed by atoms with E-state index in [0.717, 1.165) is 52.9 Å². The number of rotatable bonds is 7. The van der Waals surface area contributed by atoms with Gasteiger partial charge >= 0.3 is 0 Å². The third-order valence-electron chi connectivity index (χ3n) is 5.09. The summed E-state index contributed by atoms with van der Waals surface area (Å²) in [5, 5.41) is 14.6. The van der Waals surface area contributed by atoms with Gasteiger partial charge in [0.1, 0.15) is 11.4 Å². The van der Waals surface area contributed by atoms with Gasteiger partial charge in [-0.3, -0.25) is 0 Å². The molecule has 6 heteroatoms. The average Bonchev–Trinajstić information content (AvgIpc) is 2.80. The number of benzene rings is 2. The number of hydrogen-bond acceptors (Lipinski definition) is 6. The van der Waals surface area contributed by atoms with Gasteiger partial charge in [-0.15, -0.1) is 16.6 Å². The lowest BCUT2D eigenvalue weighted by atomic mass is 10.0. The van der Waals surface area contributed by atoms with Crippen molar-refractivity contribution in [3.63, 3.8) is 0 Å².